The van der Waals surface area contributed by atoms with Crippen LogP contribution in [-0.4, -0.2) is 25.9 Å². The van der Waals surface area contributed by atoms with Crippen LogP contribution in [0.5, 0.6) is 5.75 Å². The maximum absolute atomic E-state index is 5.80. The molecule has 1 aromatic carbocycles. The summed E-state index contributed by atoms with van der Waals surface area (Å²) >= 11 is 0. The lowest BCUT2D eigenvalue weighted by atomic mass is 9.77. The van der Waals surface area contributed by atoms with Gasteiger partial charge in [-0.3, -0.25) is 0 Å². The number of hydrogen-bond donors (Lipinski definition) is 1. The fourth-order valence-electron chi connectivity index (χ4n) is 3.07. The van der Waals surface area contributed by atoms with Crippen molar-refractivity contribution in [1.82, 2.24) is 5.32 Å². The van der Waals surface area contributed by atoms with E-state index in [4.69, 9.17) is 9.47 Å². The Labute approximate surface area is 129 Å². The summed E-state index contributed by atoms with van der Waals surface area (Å²) in [5, 5.41) is 3.45. The van der Waals surface area contributed by atoms with E-state index in [1.54, 1.807) is 0 Å². The summed E-state index contributed by atoms with van der Waals surface area (Å²) < 4.78 is 11.4. The average Bonchev–Trinajstić information content (AvgIpc) is 2.41. The van der Waals surface area contributed by atoms with Crippen molar-refractivity contribution in [3.8, 4) is 5.75 Å². The summed E-state index contributed by atoms with van der Waals surface area (Å²) in [4.78, 5) is 0. The Morgan fingerprint density at radius 1 is 1.29 bits per heavy atom. The van der Waals surface area contributed by atoms with Crippen molar-refractivity contribution in [1.29, 1.82) is 0 Å². The Balaban J connectivity index is 1.92. The third-order valence-electron chi connectivity index (χ3n) is 4.14. The van der Waals surface area contributed by atoms with E-state index < -0.39 is 0 Å². The second-order valence-electron chi connectivity index (χ2n) is 6.23. The minimum Gasteiger partial charge on any atom is -0.491 e. The van der Waals surface area contributed by atoms with E-state index in [2.05, 4.69) is 44.3 Å². The smallest absolute Gasteiger partial charge is 0.120 e. The fourth-order valence-corrected chi connectivity index (χ4v) is 3.07. The standard InChI is InChI=1S/C18H29NO2/c1-5-20-17-9-14(10-17)11-18(19-4)15-7-6-8-16(12-15)21-13(2)3/h6-8,12-14,17-19H,5,9-11H2,1-4H3. The van der Waals surface area contributed by atoms with E-state index in [0.717, 1.165) is 18.3 Å². The highest BCUT2D eigenvalue weighted by molar-refractivity contribution is 5.30. The van der Waals surface area contributed by atoms with Gasteiger partial charge in [0.2, 0.25) is 0 Å². The van der Waals surface area contributed by atoms with Gasteiger partial charge in [-0.1, -0.05) is 12.1 Å². The number of rotatable bonds is 8. The third-order valence-corrected chi connectivity index (χ3v) is 4.14. The first-order valence-corrected chi connectivity index (χ1v) is 8.17. The Bertz CT molecular complexity index is 427. The Kier molecular flexibility index (Phi) is 6.07. The highest BCUT2D eigenvalue weighted by Crippen LogP contribution is 2.37. The van der Waals surface area contributed by atoms with Crippen LogP contribution < -0.4 is 10.1 Å². The van der Waals surface area contributed by atoms with Gasteiger partial charge in [-0.15, -0.1) is 0 Å². The quantitative estimate of drug-likeness (QED) is 0.787. The lowest BCUT2D eigenvalue weighted by molar-refractivity contribution is -0.0289. The van der Waals surface area contributed by atoms with E-state index in [1.807, 2.05) is 13.1 Å². The van der Waals surface area contributed by atoms with Gasteiger partial charge in [0.1, 0.15) is 5.75 Å². The molecule has 0 bridgehead atoms. The predicted molar refractivity (Wildman–Crippen MR) is 86.8 cm³/mol. The van der Waals surface area contributed by atoms with Crippen LogP contribution in [0.1, 0.15) is 51.6 Å². The van der Waals surface area contributed by atoms with Gasteiger partial charge in [-0.05, 0) is 70.7 Å². The van der Waals surface area contributed by atoms with Crippen LogP contribution in [0.4, 0.5) is 0 Å². The molecule has 0 saturated heterocycles. The van der Waals surface area contributed by atoms with Crippen molar-refractivity contribution in [2.45, 2.75) is 58.3 Å². The zero-order valence-corrected chi connectivity index (χ0v) is 13.8. The summed E-state index contributed by atoms with van der Waals surface area (Å²) in [6.45, 7) is 7.03. The highest BCUT2D eigenvalue weighted by atomic mass is 16.5. The molecular formula is C18H29NO2. The van der Waals surface area contributed by atoms with E-state index in [1.165, 1.54) is 24.8 Å². The average molecular weight is 291 g/mol. The monoisotopic (exact) mass is 291 g/mol. The van der Waals surface area contributed by atoms with Crippen LogP contribution in [0.3, 0.4) is 0 Å². The number of benzene rings is 1. The predicted octanol–water partition coefficient (Wildman–Crippen LogP) is 3.94. The molecule has 2 rings (SSSR count). The van der Waals surface area contributed by atoms with Crippen LogP contribution in [0, 0.1) is 5.92 Å². The molecule has 0 radical (unpaired) electrons. The molecular weight excluding hydrogens is 262 g/mol. The largest absolute Gasteiger partial charge is 0.491 e. The molecule has 1 N–H and O–H groups in total. The summed E-state index contributed by atoms with van der Waals surface area (Å²) in [6, 6.07) is 8.87. The van der Waals surface area contributed by atoms with Crippen LogP contribution in [0.25, 0.3) is 0 Å². The van der Waals surface area contributed by atoms with Crippen molar-refractivity contribution in [2.24, 2.45) is 5.92 Å². The summed E-state index contributed by atoms with van der Waals surface area (Å²) in [6.07, 6.45) is 4.29. The van der Waals surface area contributed by atoms with E-state index in [0.29, 0.717) is 12.1 Å². The SMILES string of the molecule is CCOC1CC(CC(NC)c2cccc(OC(C)C)c2)C1. The van der Waals surface area contributed by atoms with E-state index in [-0.39, 0.29) is 6.10 Å². The van der Waals surface area contributed by atoms with Crippen molar-refractivity contribution >= 4 is 0 Å². The van der Waals surface area contributed by atoms with Crippen LogP contribution >= 0.6 is 0 Å². The van der Waals surface area contributed by atoms with Crippen molar-refractivity contribution in [2.75, 3.05) is 13.7 Å². The fraction of sp³-hybridized carbons (Fsp3) is 0.667. The maximum Gasteiger partial charge on any atom is 0.120 e. The summed E-state index contributed by atoms with van der Waals surface area (Å²) in [7, 11) is 2.04. The molecule has 3 nitrogen and oxygen atoms in total. The highest BCUT2D eigenvalue weighted by Gasteiger charge is 2.31. The van der Waals surface area contributed by atoms with Gasteiger partial charge in [0, 0.05) is 12.6 Å². The van der Waals surface area contributed by atoms with Crippen LogP contribution in [0.2, 0.25) is 0 Å². The first kappa shape index (κ1) is 16.3. The molecule has 1 fully saturated rings. The molecule has 0 spiro atoms. The number of hydrogen-bond acceptors (Lipinski definition) is 3. The molecule has 1 saturated carbocycles. The summed E-state index contributed by atoms with van der Waals surface area (Å²) in [5.74, 6) is 1.73. The first-order chi connectivity index (χ1) is 10.1. The van der Waals surface area contributed by atoms with E-state index >= 15 is 0 Å². The summed E-state index contributed by atoms with van der Waals surface area (Å²) in [5.41, 5.74) is 1.32. The third kappa shape index (κ3) is 4.72. The number of ether oxygens (including phenoxy) is 2. The molecule has 0 amide bonds. The molecule has 118 valence electrons. The molecule has 1 unspecified atom stereocenters. The molecule has 0 heterocycles. The number of nitrogens with one attached hydrogen (secondary N) is 1. The van der Waals surface area contributed by atoms with Gasteiger partial charge in [0.25, 0.3) is 0 Å². The van der Waals surface area contributed by atoms with Crippen LogP contribution in [0.15, 0.2) is 24.3 Å². The lowest BCUT2D eigenvalue weighted by Crippen LogP contribution is -2.34. The van der Waals surface area contributed by atoms with Crippen LogP contribution in [-0.2, 0) is 4.74 Å². The molecule has 3 heteroatoms. The zero-order valence-electron chi connectivity index (χ0n) is 13.8. The Morgan fingerprint density at radius 2 is 2.05 bits per heavy atom. The first-order valence-electron chi connectivity index (χ1n) is 8.17. The van der Waals surface area contributed by atoms with Crippen molar-refractivity contribution < 1.29 is 9.47 Å². The van der Waals surface area contributed by atoms with Gasteiger partial charge in [-0.2, -0.15) is 0 Å². The van der Waals surface area contributed by atoms with Gasteiger partial charge in [0.05, 0.1) is 12.2 Å². The maximum atomic E-state index is 5.80. The van der Waals surface area contributed by atoms with Gasteiger partial charge in [-0.25, -0.2) is 0 Å². The molecule has 1 aliphatic rings. The molecule has 21 heavy (non-hydrogen) atoms. The van der Waals surface area contributed by atoms with Gasteiger partial charge < -0.3 is 14.8 Å². The van der Waals surface area contributed by atoms with Crippen molar-refractivity contribution in [3.63, 3.8) is 0 Å². The second kappa shape index (κ2) is 7.81. The molecule has 1 aromatic rings. The topological polar surface area (TPSA) is 30.5 Å². The Hall–Kier alpha value is -1.06. The second-order valence-corrected chi connectivity index (χ2v) is 6.23. The molecule has 0 aliphatic heterocycles. The Morgan fingerprint density at radius 3 is 2.67 bits per heavy atom. The normalized spacial score (nSPS) is 22.9. The minimum absolute atomic E-state index is 0.215. The molecule has 0 aromatic heterocycles. The lowest BCUT2D eigenvalue weighted by Gasteiger charge is -2.37. The van der Waals surface area contributed by atoms with E-state index in [9.17, 15) is 0 Å². The molecule has 1 atom stereocenters. The van der Waals surface area contributed by atoms with Gasteiger partial charge >= 0.3 is 0 Å². The van der Waals surface area contributed by atoms with Crippen molar-refractivity contribution in [3.05, 3.63) is 29.8 Å². The van der Waals surface area contributed by atoms with Gasteiger partial charge in [0.15, 0.2) is 0 Å². The molecule has 1 aliphatic carbocycles. The minimum atomic E-state index is 0.215. The zero-order chi connectivity index (χ0) is 15.2.